The highest BCUT2D eigenvalue weighted by atomic mass is 16.5. The number of nitriles is 1. The number of hydrogen-bond donors (Lipinski definition) is 0. The summed E-state index contributed by atoms with van der Waals surface area (Å²) in [5, 5.41) is 9.17. The van der Waals surface area contributed by atoms with Crippen LogP contribution in [-0.4, -0.2) is 31.3 Å². The zero-order valence-corrected chi connectivity index (χ0v) is 15.4. The van der Waals surface area contributed by atoms with Gasteiger partial charge in [-0.1, -0.05) is 6.07 Å². The first-order valence-electron chi connectivity index (χ1n) is 8.29. The Kier molecular flexibility index (Phi) is 5.53. The summed E-state index contributed by atoms with van der Waals surface area (Å²) >= 11 is 0. The van der Waals surface area contributed by atoms with Crippen LogP contribution in [0.25, 0.3) is 11.3 Å². The number of nitrogens with zero attached hydrogens (tertiary/aromatic N) is 3. The first-order valence-corrected chi connectivity index (χ1v) is 8.29. The van der Waals surface area contributed by atoms with Gasteiger partial charge in [-0.15, -0.1) is 0 Å². The maximum atomic E-state index is 9.17. The predicted octanol–water partition coefficient (Wildman–Crippen LogP) is 3.63. The molecule has 136 valence electrons. The molecule has 0 saturated heterocycles. The van der Waals surface area contributed by atoms with Gasteiger partial charge in [-0.05, 0) is 42.0 Å². The van der Waals surface area contributed by atoms with Gasteiger partial charge in [0.05, 0.1) is 38.7 Å². The fourth-order valence-corrected chi connectivity index (χ4v) is 2.79. The van der Waals surface area contributed by atoms with E-state index >= 15 is 0 Å². The van der Waals surface area contributed by atoms with Crippen molar-refractivity contribution in [1.29, 1.82) is 5.26 Å². The largest absolute Gasteiger partial charge is 0.496 e. The summed E-state index contributed by atoms with van der Waals surface area (Å²) in [5.41, 5.74) is 3.01. The van der Waals surface area contributed by atoms with Crippen molar-refractivity contribution < 1.29 is 14.2 Å². The van der Waals surface area contributed by atoms with Gasteiger partial charge >= 0.3 is 0 Å². The highest BCUT2D eigenvalue weighted by Gasteiger charge is 2.11. The molecule has 1 aromatic heterocycles. The fraction of sp³-hybridized carbons (Fsp3) is 0.190. The van der Waals surface area contributed by atoms with E-state index in [0.29, 0.717) is 40.8 Å². The Labute approximate surface area is 158 Å². The second-order valence-electron chi connectivity index (χ2n) is 5.75. The Hall–Kier alpha value is -3.59. The third-order valence-corrected chi connectivity index (χ3v) is 4.12. The summed E-state index contributed by atoms with van der Waals surface area (Å²) < 4.78 is 16.0. The maximum Gasteiger partial charge on any atom is 0.161 e. The van der Waals surface area contributed by atoms with Crippen LogP contribution in [0.2, 0.25) is 0 Å². The van der Waals surface area contributed by atoms with Crippen molar-refractivity contribution in [3.63, 3.8) is 0 Å². The summed E-state index contributed by atoms with van der Waals surface area (Å²) in [5.74, 6) is 2.65. The van der Waals surface area contributed by atoms with E-state index in [2.05, 4.69) is 16.0 Å². The van der Waals surface area contributed by atoms with Crippen molar-refractivity contribution in [2.75, 3.05) is 21.3 Å². The highest BCUT2D eigenvalue weighted by Crippen LogP contribution is 2.30. The number of methoxy groups -OCH3 is 3. The molecule has 0 unspecified atom stereocenters. The van der Waals surface area contributed by atoms with Gasteiger partial charge in [-0.3, -0.25) is 0 Å². The summed E-state index contributed by atoms with van der Waals surface area (Å²) in [4.78, 5) is 9.02. The smallest absolute Gasteiger partial charge is 0.161 e. The van der Waals surface area contributed by atoms with Crippen molar-refractivity contribution in [3.8, 4) is 34.6 Å². The molecule has 0 fully saturated rings. The Morgan fingerprint density at radius 3 is 2.33 bits per heavy atom. The number of rotatable bonds is 6. The Bertz CT molecular complexity index is 996. The monoisotopic (exact) mass is 361 g/mol. The molecule has 1 heterocycles. The first kappa shape index (κ1) is 18.2. The molecule has 0 N–H and O–H groups in total. The Morgan fingerprint density at radius 2 is 1.63 bits per heavy atom. The molecule has 0 atom stereocenters. The standard InChI is InChI=1S/C21H19N3O3/c1-25-18-6-5-15(13-22)10-16(18)17-8-9-23-21(24-17)12-14-4-7-19(26-2)20(11-14)27-3/h4-11H,12H2,1-3H3. The van der Waals surface area contributed by atoms with Crippen LogP contribution in [0, 0.1) is 11.3 Å². The molecular weight excluding hydrogens is 342 g/mol. The molecule has 6 heteroatoms. The molecule has 0 saturated carbocycles. The summed E-state index contributed by atoms with van der Waals surface area (Å²) in [6, 6.07) is 14.9. The van der Waals surface area contributed by atoms with E-state index in [1.807, 2.05) is 18.2 Å². The fourth-order valence-electron chi connectivity index (χ4n) is 2.79. The van der Waals surface area contributed by atoms with Crippen molar-refractivity contribution in [2.45, 2.75) is 6.42 Å². The van der Waals surface area contributed by atoms with Gasteiger partial charge in [0, 0.05) is 18.2 Å². The van der Waals surface area contributed by atoms with E-state index in [9.17, 15) is 0 Å². The van der Waals surface area contributed by atoms with Gasteiger partial charge in [-0.25, -0.2) is 9.97 Å². The predicted molar refractivity (Wildman–Crippen MR) is 101 cm³/mol. The van der Waals surface area contributed by atoms with Gasteiger partial charge in [-0.2, -0.15) is 5.26 Å². The number of aromatic nitrogens is 2. The van der Waals surface area contributed by atoms with Gasteiger partial charge in [0.2, 0.25) is 0 Å². The van der Waals surface area contributed by atoms with E-state index in [0.717, 1.165) is 11.1 Å². The Balaban J connectivity index is 1.94. The summed E-state index contributed by atoms with van der Waals surface area (Å²) in [7, 11) is 4.80. The molecule has 0 aliphatic heterocycles. The van der Waals surface area contributed by atoms with E-state index in [-0.39, 0.29) is 0 Å². The van der Waals surface area contributed by atoms with Gasteiger partial charge in [0.1, 0.15) is 11.6 Å². The minimum absolute atomic E-state index is 0.536. The lowest BCUT2D eigenvalue weighted by atomic mass is 10.1. The van der Waals surface area contributed by atoms with Crippen molar-refractivity contribution in [2.24, 2.45) is 0 Å². The highest BCUT2D eigenvalue weighted by molar-refractivity contribution is 5.69. The van der Waals surface area contributed by atoms with E-state index in [4.69, 9.17) is 19.5 Å². The molecule has 0 aliphatic rings. The first-order chi connectivity index (χ1) is 13.2. The van der Waals surface area contributed by atoms with E-state index in [1.54, 1.807) is 51.8 Å². The lowest BCUT2D eigenvalue weighted by molar-refractivity contribution is 0.354. The van der Waals surface area contributed by atoms with Crippen molar-refractivity contribution in [1.82, 2.24) is 9.97 Å². The molecule has 3 aromatic rings. The molecule has 2 aromatic carbocycles. The lowest BCUT2D eigenvalue weighted by Crippen LogP contribution is -2.00. The lowest BCUT2D eigenvalue weighted by Gasteiger charge is -2.11. The van der Waals surface area contributed by atoms with Gasteiger partial charge in [0.25, 0.3) is 0 Å². The zero-order chi connectivity index (χ0) is 19.2. The van der Waals surface area contributed by atoms with Crippen LogP contribution in [0.15, 0.2) is 48.7 Å². The topological polar surface area (TPSA) is 77.3 Å². The quantitative estimate of drug-likeness (QED) is 0.667. The maximum absolute atomic E-state index is 9.17. The molecule has 0 bridgehead atoms. The average Bonchev–Trinajstić information content (AvgIpc) is 2.73. The molecule has 0 amide bonds. The minimum atomic E-state index is 0.536. The van der Waals surface area contributed by atoms with E-state index < -0.39 is 0 Å². The van der Waals surface area contributed by atoms with Crippen LogP contribution in [0.3, 0.4) is 0 Å². The van der Waals surface area contributed by atoms with Crippen LogP contribution in [0.5, 0.6) is 17.2 Å². The number of hydrogen-bond acceptors (Lipinski definition) is 6. The van der Waals surface area contributed by atoms with Crippen LogP contribution in [0.1, 0.15) is 17.0 Å². The third kappa shape index (κ3) is 3.98. The molecule has 3 rings (SSSR count). The molecule has 0 aliphatic carbocycles. The molecule has 27 heavy (non-hydrogen) atoms. The van der Waals surface area contributed by atoms with Gasteiger partial charge < -0.3 is 14.2 Å². The number of ether oxygens (including phenoxy) is 3. The molecular formula is C21H19N3O3. The van der Waals surface area contributed by atoms with Crippen LogP contribution in [-0.2, 0) is 6.42 Å². The molecule has 6 nitrogen and oxygen atoms in total. The van der Waals surface area contributed by atoms with Crippen molar-refractivity contribution in [3.05, 3.63) is 65.6 Å². The summed E-state index contributed by atoms with van der Waals surface area (Å²) in [6.45, 7) is 0. The average molecular weight is 361 g/mol. The van der Waals surface area contributed by atoms with Crippen LogP contribution < -0.4 is 14.2 Å². The number of benzene rings is 2. The second kappa shape index (κ2) is 8.19. The molecule has 0 spiro atoms. The Morgan fingerprint density at radius 1 is 0.889 bits per heavy atom. The normalized spacial score (nSPS) is 10.1. The third-order valence-electron chi connectivity index (χ3n) is 4.12. The minimum Gasteiger partial charge on any atom is -0.496 e. The van der Waals surface area contributed by atoms with E-state index in [1.165, 1.54) is 0 Å². The molecule has 0 radical (unpaired) electrons. The van der Waals surface area contributed by atoms with Crippen molar-refractivity contribution >= 4 is 0 Å². The van der Waals surface area contributed by atoms with Gasteiger partial charge in [0.15, 0.2) is 11.5 Å². The zero-order valence-electron chi connectivity index (χ0n) is 15.4. The summed E-state index contributed by atoms with van der Waals surface area (Å²) in [6.07, 6.45) is 2.24. The second-order valence-corrected chi connectivity index (χ2v) is 5.75. The van der Waals surface area contributed by atoms with Crippen LogP contribution in [0.4, 0.5) is 0 Å². The van der Waals surface area contributed by atoms with Crippen LogP contribution >= 0.6 is 0 Å². The SMILES string of the molecule is COc1ccc(Cc2nccc(-c3cc(C#N)ccc3OC)n2)cc1OC.